The van der Waals surface area contributed by atoms with Crippen LogP contribution in [0.1, 0.15) is 31.9 Å². The van der Waals surface area contributed by atoms with E-state index in [9.17, 15) is 0 Å². The molecule has 1 atom stereocenters. The number of rotatable bonds is 7. The lowest BCUT2D eigenvalue weighted by Crippen LogP contribution is -2.31. The van der Waals surface area contributed by atoms with Crippen LogP contribution in [0.15, 0.2) is 18.2 Å². The molecule has 0 bridgehead atoms. The third kappa shape index (κ3) is 4.68. The Balaban J connectivity index is 2.81. The molecule has 1 rings (SSSR count). The number of hydrogen-bond donors (Lipinski definition) is 1. The number of benzene rings is 1. The third-order valence-electron chi connectivity index (χ3n) is 3.38. The number of hydrogen-bond acceptors (Lipinski definition) is 3. The lowest BCUT2D eigenvalue weighted by molar-refractivity contribution is 0.236. The topological polar surface area (TPSA) is 38.5 Å². The van der Waals surface area contributed by atoms with Crippen LogP contribution in [0.5, 0.6) is 5.75 Å². The van der Waals surface area contributed by atoms with Crippen LogP contribution in [0.25, 0.3) is 0 Å². The van der Waals surface area contributed by atoms with E-state index < -0.39 is 0 Å². The molecule has 0 aliphatic carbocycles. The maximum Gasteiger partial charge on any atom is 0.137 e. The van der Waals surface area contributed by atoms with Crippen molar-refractivity contribution in [3.05, 3.63) is 28.8 Å². The molecule has 0 spiro atoms. The van der Waals surface area contributed by atoms with E-state index in [1.165, 1.54) is 0 Å². The minimum atomic E-state index is 0.196. The lowest BCUT2D eigenvalue weighted by atomic mass is 10.0. The van der Waals surface area contributed by atoms with Gasteiger partial charge in [0.2, 0.25) is 0 Å². The second-order valence-electron chi connectivity index (χ2n) is 5.31. The Morgan fingerprint density at radius 2 is 2.05 bits per heavy atom. The quantitative estimate of drug-likeness (QED) is 0.835. The van der Waals surface area contributed by atoms with Gasteiger partial charge in [-0.3, -0.25) is 4.90 Å². The van der Waals surface area contributed by atoms with E-state index in [4.69, 9.17) is 22.1 Å². The summed E-state index contributed by atoms with van der Waals surface area (Å²) in [6.45, 7) is 6.07. The lowest BCUT2D eigenvalue weighted by Gasteiger charge is -2.28. The molecule has 3 nitrogen and oxygen atoms in total. The average molecular weight is 285 g/mol. The Labute approximate surface area is 121 Å². The van der Waals surface area contributed by atoms with Crippen LogP contribution in [0.2, 0.25) is 5.02 Å². The predicted octanol–water partition coefficient (Wildman–Crippen LogP) is 3.33. The molecule has 0 radical (unpaired) electrons. The first kappa shape index (κ1) is 16.3. The van der Waals surface area contributed by atoms with Gasteiger partial charge >= 0.3 is 0 Å². The van der Waals surface area contributed by atoms with Gasteiger partial charge in [-0.05, 0) is 43.6 Å². The molecule has 108 valence electrons. The van der Waals surface area contributed by atoms with Gasteiger partial charge in [0.05, 0.1) is 12.1 Å². The zero-order chi connectivity index (χ0) is 14.4. The van der Waals surface area contributed by atoms with E-state index in [2.05, 4.69) is 25.8 Å². The van der Waals surface area contributed by atoms with Gasteiger partial charge in [0.15, 0.2) is 0 Å². The molecule has 1 aromatic carbocycles. The Morgan fingerprint density at radius 3 is 2.53 bits per heavy atom. The number of halogens is 1. The van der Waals surface area contributed by atoms with E-state index in [0.717, 1.165) is 18.5 Å². The molecule has 0 saturated heterocycles. The van der Waals surface area contributed by atoms with Gasteiger partial charge in [-0.15, -0.1) is 0 Å². The fraction of sp³-hybridized carbons (Fsp3) is 0.600. The van der Waals surface area contributed by atoms with Crippen LogP contribution in [-0.2, 0) is 0 Å². The first-order valence-corrected chi connectivity index (χ1v) is 7.11. The normalized spacial score (nSPS) is 13.1. The molecule has 0 fully saturated rings. The summed E-state index contributed by atoms with van der Waals surface area (Å²) in [5.41, 5.74) is 7.06. The van der Waals surface area contributed by atoms with Crippen molar-refractivity contribution < 1.29 is 4.74 Å². The van der Waals surface area contributed by atoms with Crippen molar-refractivity contribution in [2.75, 3.05) is 27.2 Å². The highest BCUT2D eigenvalue weighted by molar-refractivity contribution is 6.32. The van der Waals surface area contributed by atoms with Gasteiger partial charge in [0.1, 0.15) is 5.75 Å². The summed E-state index contributed by atoms with van der Waals surface area (Å²) in [6, 6.07) is 6.08. The largest absolute Gasteiger partial charge is 0.495 e. The molecule has 0 aromatic heterocycles. The number of nitrogens with two attached hydrogens (primary N) is 1. The highest BCUT2D eigenvalue weighted by Crippen LogP contribution is 2.29. The number of methoxy groups -OCH3 is 1. The summed E-state index contributed by atoms with van der Waals surface area (Å²) < 4.78 is 5.18. The van der Waals surface area contributed by atoms with Gasteiger partial charge < -0.3 is 10.5 Å². The molecule has 0 heterocycles. The molecular weight excluding hydrogens is 260 g/mol. The first-order chi connectivity index (χ1) is 8.99. The molecule has 0 saturated carbocycles. The zero-order valence-electron chi connectivity index (χ0n) is 12.3. The van der Waals surface area contributed by atoms with Gasteiger partial charge in [0, 0.05) is 12.6 Å². The minimum Gasteiger partial charge on any atom is -0.495 e. The van der Waals surface area contributed by atoms with Crippen molar-refractivity contribution in [3.63, 3.8) is 0 Å². The summed E-state index contributed by atoms with van der Waals surface area (Å²) in [5.74, 6) is 1.39. The Bertz CT molecular complexity index is 396. The van der Waals surface area contributed by atoms with Crippen molar-refractivity contribution in [1.82, 2.24) is 4.90 Å². The summed E-state index contributed by atoms with van der Waals surface area (Å²) in [6.07, 6.45) is 1.16. The van der Waals surface area contributed by atoms with Gasteiger partial charge in [-0.2, -0.15) is 0 Å². The summed E-state index contributed by atoms with van der Waals surface area (Å²) >= 11 is 6.18. The van der Waals surface area contributed by atoms with Crippen LogP contribution in [0, 0.1) is 5.92 Å². The van der Waals surface area contributed by atoms with Gasteiger partial charge in [-0.25, -0.2) is 0 Å². The molecule has 2 N–H and O–H groups in total. The van der Waals surface area contributed by atoms with Crippen LogP contribution in [0.3, 0.4) is 0 Å². The first-order valence-electron chi connectivity index (χ1n) is 6.73. The van der Waals surface area contributed by atoms with E-state index >= 15 is 0 Å². The van der Waals surface area contributed by atoms with E-state index in [1.807, 2.05) is 18.2 Å². The smallest absolute Gasteiger partial charge is 0.137 e. The number of ether oxygens (including phenoxy) is 1. The maximum atomic E-state index is 6.18. The van der Waals surface area contributed by atoms with Crippen LogP contribution in [-0.4, -0.2) is 32.1 Å². The van der Waals surface area contributed by atoms with Gasteiger partial charge in [0.25, 0.3) is 0 Å². The second-order valence-corrected chi connectivity index (χ2v) is 5.72. The molecule has 4 heteroatoms. The van der Waals surface area contributed by atoms with Crippen LogP contribution >= 0.6 is 11.6 Å². The highest BCUT2D eigenvalue weighted by atomic mass is 35.5. The Kier molecular flexibility index (Phi) is 6.63. The monoisotopic (exact) mass is 284 g/mol. The van der Waals surface area contributed by atoms with Crippen molar-refractivity contribution in [2.24, 2.45) is 11.7 Å². The van der Waals surface area contributed by atoms with Crippen molar-refractivity contribution in [2.45, 2.75) is 26.3 Å². The molecule has 0 aliphatic rings. The molecule has 0 amide bonds. The summed E-state index contributed by atoms with van der Waals surface area (Å²) in [4.78, 5) is 2.29. The standard InChI is InChI=1S/C15H25ClN2O/c1-11(2)7-8-18(3)14(10-17)12-5-6-15(19-4)13(16)9-12/h5-6,9,11,14H,7-8,10,17H2,1-4H3. The summed E-state index contributed by atoms with van der Waals surface area (Å²) in [7, 11) is 3.73. The van der Waals surface area contributed by atoms with E-state index in [1.54, 1.807) is 7.11 Å². The van der Waals surface area contributed by atoms with Crippen molar-refractivity contribution in [1.29, 1.82) is 0 Å². The molecular formula is C15H25ClN2O. The van der Waals surface area contributed by atoms with E-state index in [0.29, 0.717) is 23.2 Å². The van der Waals surface area contributed by atoms with Crippen LogP contribution < -0.4 is 10.5 Å². The molecule has 1 aromatic rings. The van der Waals surface area contributed by atoms with Crippen molar-refractivity contribution >= 4 is 11.6 Å². The molecule has 0 aliphatic heterocycles. The highest BCUT2D eigenvalue weighted by Gasteiger charge is 2.16. The molecule has 19 heavy (non-hydrogen) atoms. The second kappa shape index (κ2) is 7.73. The maximum absolute atomic E-state index is 6.18. The number of nitrogens with zero attached hydrogens (tertiary/aromatic N) is 1. The SMILES string of the molecule is COc1ccc(C(CN)N(C)CCC(C)C)cc1Cl. The third-order valence-corrected chi connectivity index (χ3v) is 3.67. The van der Waals surface area contributed by atoms with Crippen molar-refractivity contribution in [3.8, 4) is 5.75 Å². The van der Waals surface area contributed by atoms with E-state index in [-0.39, 0.29) is 6.04 Å². The zero-order valence-corrected chi connectivity index (χ0v) is 13.1. The minimum absolute atomic E-state index is 0.196. The fourth-order valence-corrected chi connectivity index (χ4v) is 2.34. The Hall–Kier alpha value is -0.770. The average Bonchev–Trinajstić information content (AvgIpc) is 2.37. The van der Waals surface area contributed by atoms with Crippen LogP contribution in [0.4, 0.5) is 0 Å². The van der Waals surface area contributed by atoms with Gasteiger partial charge in [-0.1, -0.05) is 31.5 Å². The predicted molar refractivity (Wildman–Crippen MR) is 81.9 cm³/mol. The molecule has 1 unspecified atom stereocenters. The number of likely N-dealkylation sites (N-methyl/N-ethyl adjacent to an activating group) is 1. The Morgan fingerprint density at radius 1 is 1.37 bits per heavy atom. The summed E-state index contributed by atoms with van der Waals surface area (Å²) in [5, 5.41) is 0.635. The fourth-order valence-electron chi connectivity index (χ4n) is 2.08.